The van der Waals surface area contributed by atoms with Crippen LogP contribution in [0.1, 0.15) is 17.2 Å². The molecule has 5 nitrogen and oxygen atoms in total. The maximum absolute atomic E-state index is 12.6. The third-order valence-corrected chi connectivity index (χ3v) is 2.48. The lowest BCUT2D eigenvalue weighted by atomic mass is 10.3. The highest BCUT2D eigenvalue weighted by molar-refractivity contribution is 5.39. The lowest BCUT2D eigenvalue weighted by Crippen LogP contribution is -2.14. The van der Waals surface area contributed by atoms with Crippen LogP contribution < -0.4 is 5.73 Å². The number of halogens is 3. The summed E-state index contributed by atoms with van der Waals surface area (Å²) in [5.74, 6) is -1.45. The first-order chi connectivity index (χ1) is 8.29. The number of aryl methyl sites for hydroxylation is 1. The smallest absolute Gasteiger partial charge is 0.384 e. The highest BCUT2D eigenvalue weighted by Crippen LogP contribution is 2.27. The van der Waals surface area contributed by atoms with Crippen molar-refractivity contribution in [2.75, 3.05) is 5.73 Å². The summed E-state index contributed by atoms with van der Waals surface area (Å²) >= 11 is 0. The number of hydrogen-bond acceptors (Lipinski definition) is 4. The second-order valence-corrected chi connectivity index (χ2v) is 3.76. The van der Waals surface area contributed by atoms with E-state index in [4.69, 9.17) is 5.73 Å². The zero-order valence-corrected chi connectivity index (χ0v) is 9.65. The zero-order chi connectivity index (χ0) is 13.5. The van der Waals surface area contributed by atoms with Crippen LogP contribution in [0.3, 0.4) is 0 Å². The molecule has 0 amide bonds. The van der Waals surface area contributed by atoms with E-state index >= 15 is 0 Å². The Labute approximate surface area is 100 Å². The molecule has 0 saturated heterocycles. The van der Waals surface area contributed by atoms with Gasteiger partial charge in [-0.3, -0.25) is 4.57 Å². The Morgan fingerprint density at radius 2 is 1.89 bits per heavy atom. The van der Waals surface area contributed by atoms with Crippen molar-refractivity contribution in [1.29, 1.82) is 0 Å². The van der Waals surface area contributed by atoms with Gasteiger partial charge in [-0.05, 0) is 13.8 Å². The van der Waals surface area contributed by atoms with Gasteiger partial charge in [0.25, 0.3) is 0 Å². The fourth-order valence-electron chi connectivity index (χ4n) is 1.43. The van der Waals surface area contributed by atoms with Crippen LogP contribution in [0, 0.1) is 13.8 Å². The van der Waals surface area contributed by atoms with Crippen LogP contribution in [-0.2, 0) is 6.18 Å². The van der Waals surface area contributed by atoms with Crippen LogP contribution in [0.2, 0.25) is 0 Å². The molecule has 0 atom stereocenters. The summed E-state index contributed by atoms with van der Waals surface area (Å²) < 4.78 is 39.1. The highest BCUT2D eigenvalue weighted by atomic mass is 19.4. The summed E-state index contributed by atoms with van der Waals surface area (Å²) in [5.41, 5.74) is 6.77. The fraction of sp³-hybridized carbons (Fsp3) is 0.300. The first kappa shape index (κ1) is 12.3. The average Bonchev–Trinajstić information content (AvgIpc) is 2.58. The molecule has 0 fully saturated rings. The van der Waals surface area contributed by atoms with Gasteiger partial charge in [0, 0.05) is 11.8 Å². The molecule has 0 radical (unpaired) electrons. The van der Waals surface area contributed by atoms with Gasteiger partial charge in [0.2, 0.25) is 5.82 Å². The van der Waals surface area contributed by atoms with E-state index < -0.39 is 12.0 Å². The third kappa shape index (κ3) is 2.13. The largest absolute Gasteiger partial charge is 0.451 e. The number of rotatable bonds is 1. The first-order valence-electron chi connectivity index (χ1n) is 5.01. The van der Waals surface area contributed by atoms with Crippen molar-refractivity contribution >= 4 is 5.82 Å². The maximum Gasteiger partial charge on any atom is 0.451 e. The summed E-state index contributed by atoms with van der Waals surface area (Å²) in [5, 5.41) is 0. The molecule has 0 saturated carbocycles. The van der Waals surface area contributed by atoms with Gasteiger partial charge in [-0.1, -0.05) is 0 Å². The van der Waals surface area contributed by atoms with Crippen LogP contribution in [0.5, 0.6) is 0 Å². The number of nitrogens with zero attached hydrogens (tertiary/aromatic N) is 4. The van der Waals surface area contributed by atoms with Crippen molar-refractivity contribution in [2.45, 2.75) is 20.0 Å². The number of aromatic nitrogens is 4. The summed E-state index contributed by atoms with van der Waals surface area (Å²) in [7, 11) is 0. The summed E-state index contributed by atoms with van der Waals surface area (Å²) in [6, 6.07) is 1.27. The Bertz CT molecular complexity index is 588. The lowest BCUT2D eigenvalue weighted by molar-refractivity contribution is -0.144. The molecule has 0 unspecified atom stereocenters. The van der Waals surface area contributed by atoms with E-state index in [0.717, 1.165) is 0 Å². The quantitative estimate of drug-likeness (QED) is 0.846. The van der Waals surface area contributed by atoms with E-state index in [0.29, 0.717) is 11.4 Å². The Morgan fingerprint density at radius 1 is 1.22 bits per heavy atom. The van der Waals surface area contributed by atoms with Crippen LogP contribution in [0.25, 0.3) is 5.82 Å². The standard InChI is InChI=1S/C10H10F3N5/c1-5-6(2)18(4-15-5)8-3-7(14)16-9(17-8)10(11,12)13/h3-4H,1-2H3,(H2,14,16,17). The van der Waals surface area contributed by atoms with Crippen LogP contribution in [0.15, 0.2) is 12.4 Å². The second kappa shape index (κ2) is 3.97. The van der Waals surface area contributed by atoms with Gasteiger partial charge in [0.15, 0.2) is 0 Å². The minimum Gasteiger partial charge on any atom is -0.384 e. The number of nitrogen functional groups attached to an aromatic ring is 1. The number of imidazole rings is 1. The van der Waals surface area contributed by atoms with Gasteiger partial charge >= 0.3 is 6.18 Å². The number of anilines is 1. The Kier molecular flexibility index (Phi) is 2.72. The molecular formula is C10H10F3N5. The molecule has 0 bridgehead atoms. The Morgan fingerprint density at radius 3 is 2.39 bits per heavy atom. The van der Waals surface area contributed by atoms with Crippen LogP contribution in [-0.4, -0.2) is 19.5 Å². The van der Waals surface area contributed by atoms with Crippen LogP contribution in [0.4, 0.5) is 19.0 Å². The Hall–Kier alpha value is -2.12. The molecule has 2 N–H and O–H groups in total. The first-order valence-corrected chi connectivity index (χ1v) is 5.01. The number of alkyl halides is 3. The molecule has 0 aliphatic heterocycles. The normalized spacial score (nSPS) is 11.8. The van der Waals surface area contributed by atoms with E-state index in [1.807, 2.05) is 0 Å². The molecule has 2 aromatic heterocycles. The summed E-state index contributed by atoms with van der Waals surface area (Å²) in [6.45, 7) is 3.48. The van der Waals surface area contributed by atoms with E-state index in [2.05, 4.69) is 15.0 Å². The van der Waals surface area contributed by atoms with Crippen molar-refractivity contribution in [1.82, 2.24) is 19.5 Å². The van der Waals surface area contributed by atoms with E-state index in [1.165, 1.54) is 17.0 Å². The van der Waals surface area contributed by atoms with Gasteiger partial charge < -0.3 is 5.73 Å². The van der Waals surface area contributed by atoms with Gasteiger partial charge in [-0.2, -0.15) is 13.2 Å². The van der Waals surface area contributed by atoms with Gasteiger partial charge in [-0.25, -0.2) is 15.0 Å². The monoisotopic (exact) mass is 257 g/mol. The van der Waals surface area contributed by atoms with Crippen LogP contribution >= 0.6 is 0 Å². The fourth-order valence-corrected chi connectivity index (χ4v) is 1.43. The molecule has 8 heteroatoms. The minimum absolute atomic E-state index is 0.0490. The van der Waals surface area contributed by atoms with E-state index in [1.54, 1.807) is 13.8 Å². The highest BCUT2D eigenvalue weighted by Gasteiger charge is 2.35. The molecule has 18 heavy (non-hydrogen) atoms. The predicted molar refractivity (Wildman–Crippen MR) is 58.0 cm³/mol. The molecule has 0 aliphatic carbocycles. The maximum atomic E-state index is 12.6. The van der Waals surface area contributed by atoms with Crippen molar-refractivity contribution in [3.8, 4) is 5.82 Å². The molecule has 2 rings (SSSR count). The minimum atomic E-state index is -4.63. The molecule has 2 aromatic rings. The van der Waals surface area contributed by atoms with Gasteiger partial charge in [0.1, 0.15) is 18.0 Å². The molecule has 0 aromatic carbocycles. The van der Waals surface area contributed by atoms with Crippen molar-refractivity contribution in [3.63, 3.8) is 0 Å². The second-order valence-electron chi connectivity index (χ2n) is 3.76. The van der Waals surface area contributed by atoms with Crippen molar-refractivity contribution in [2.24, 2.45) is 0 Å². The predicted octanol–water partition coefficient (Wildman–Crippen LogP) is 1.88. The van der Waals surface area contributed by atoms with Crippen molar-refractivity contribution in [3.05, 3.63) is 29.6 Å². The topological polar surface area (TPSA) is 69.6 Å². The Balaban J connectivity index is 2.59. The SMILES string of the molecule is Cc1ncn(-c2cc(N)nc(C(F)(F)F)n2)c1C. The molecule has 96 valence electrons. The number of hydrogen-bond donors (Lipinski definition) is 1. The van der Waals surface area contributed by atoms with Crippen molar-refractivity contribution < 1.29 is 13.2 Å². The van der Waals surface area contributed by atoms with Gasteiger partial charge in [0.05, 0.1) is 5.69 Å². The zero-order valence-electron chi connectivity index (χ0n) is 9.65. The van der Waals surface area contributed by atoms with E-state index in [-0.39, 0.29) is 11.6 Å². The molecule has 0 spiro atoms. The van der Waals surface area contributed by atoms with E-state index in [9.17, 15) is 13.2 Å². The molecular weight excluding hydrogens is 247 g/mol. The van der Waals surface area contributed by atoms with Gasteiger partial charge in [-0.15, -0.1) is 0 Å². The lowest BCUT2D eigenvalue weighted by Gasteiger charge is -2.09. The average molecular weight is 257 g/mol. The summed E-state index contributed by atoms with van der Waals surface area (Å²) in [6.07, 6.45) is -3.24. The third-order valence-electron chi connectivity index (χ3n) is 2.48. The summed E-state index contributed by atoms with van der Waals surface area (Å²) in [4.78, 5) is 10.6. The number of nitrogens with two attached hydrogens (primary N) is 1. The molecule has 0 aliphatic rings. The molecule has 2 heterocycles.